The molecule has 6 heteroatoms. The topological polar surface area (TPSA) is 54.4 Å². The van der Waals surface area contributed by atoms with Gasteiger partial charge in [-0.25, -0.2) is 4.98 Å². The maximum Gasteiger partial charge on any atom is 0.182 e. The Labute approximate surface area is 160 Å². The smallest absolute Gasteiger partial charge is 0.182 e. The van der Waals surface area contributed by atoms with Crippen molar-refractivity contribution < 1.29 is 4.74 Å². The molecule has 0 radical (unpaired) electrons. The van der Waals surface area contributed by atoms with Crippen molar-refractivity contribution in [3.63, 3.8) is 0 Å². The normalized spacial score (nSPS) is 12.4. The number of hydrogen-bond donors (Lipinski definition) is 0. The van der Waals surface area contributed by atoms with Crippen LogP contribution in [0.25, 0.3) is 22.6 Å². The van der Waals surface area contributed by atoms with E-state index in [9.17, 15) is 0 Å². The van der Waals surface area contributed by atoms with Gasteiger partial charge in [0.25, 0.3) is 0 Å². The highest BCUT2D eigenvalue weighted by atomic mass is 16.5. The molecule has 2 aromatic carbocycles. The largest absolute Gasteiger partial charge is 0.473 e. The second-order valence-electron chi connectivity index (χ2n) is 6.83. The molecule has 3 rings (SSSR count). The fourth-order valence-electron chi connectivity index (χ4n) is 2.69. The van der Waals surface area contributed by atoms with Crippen LogP contribution in [0.5, 0.6) is 5.75 Å². The molecule has 0 amide bonds. The van der Waals surface area contributed by atoms with Crippen molar-refractivity contribution in [1.29, 1.82) is 0 Å². The highest BCUT2D eigenvalue weighted by molar-refractivity contribution is 5.68. The maximum absolute atomic E-state index is 6.31. The zero-order chi connectivity index (χ0) is 19.2. The third kappa shape index (κ3) is 4.87. The van der Waals surface area contributed by atoms with Gasteiger partial charge >= 0.3 is 0 Å². The van der Waals surface area contributed by atoms with Crippen LogP contribution in [-0.2, 0) is 0 Å². The van der Waals surface area contributed by atoms with Gasteiger partial charge in [-0.15, -0.1) is 5.10 Å². The third-order valence-electron chi connectivity index (χ3n) is 4.11. The number of benzene rings is 2. The molecule has 0 spiro atoms. The maximum atomic E-state index is 6.31. The molecule has 0 aliphatic rings. The summed E-state index contributed by atoms with van der Waals surface area (Å²) in [5.41, 5.74) is 2.57. The van der Waals surface area contributed by atoms with Crippen LogP contribution in [0, 0.1) is 0 Å². The predicted molar refractivity (Wildman–Crippen MR) is 107 cm³/mol. The third-order valence-corrected chi connectivity index (χ3v) is 4.11. The first-order valence-electron chi connectivity index (χ1n) is 8.87. The van der Waals surface area contributed by atoms with E-state index in [1.807, 2.05) is 82.8 Å². The summed E-state index contributed by atoms with van der Waals surface area (Å²) in [5.74, 6) is 1.37. The average molecular weight is 363 g/mol. The lowest BCUT2D eigenvalue weighted by Gasteiger charge is -2.28. The Bertz CT molecular complexity index is 867. The Morgan fingerprint density at radius 1 is 0.926 bits per heavy atom. The molecule has 0 bridgehead atoms. The molecule has 3 aromatic rings. The summed E-state index contributed by atoms with van der Waals surface area (Å²) in [4.78, 5) is 8.87. The summed E-state index contributed by atoms with van der Waals surface area (Å²) >= 11 is 0. The summed E-state index contributed by atoms with van der Waals surface area (Å²) in [6.07, 6.45) is 1.59. The molecule has 0 aliphatic heterocycles. The second kappa shape index (κ2) is 8.70. The fourth-order valence-corrected chi connectivity index (χ4v) is 2.69. The van der Waals surface area contributed by atoms with Crippen LogP contribution in [0.15, 0.2) is 60.8 Å². The number of likely N-dealkylation sites (N-methyl/N-ethyl adjacent to an activating group) is 2. The lowest BCUT2D eigenvalue weighted by molar-refractivity contribution is 0.0422. The number of aromatic nitrogens is 3. The van der Waals surface area contributed by atoms with E-state index in [-0.39, 0.29) is 6.23 Å². The molecular weight excluding hydrogens is 338 g/mol. The Kier molecular flexibility index (Phi) is 6.11. The molecule has 1 aromatic heterocycles. The van der Waals surface area contributed by atoms with E-state index in [4.69, 9.17) is 9.72 Å². The van der Waals surface area contributed by atoms with E-state index >= 15 is 0 Å². The van der Waals surface area contributed by atoms with Crippen LogP contribution in [0.4, 0.5) is 0 Å². The zero-order valence-corrected chi connectivity index (χ0v) is 16.2. The standard InChI is InChI=1S/C21H25N5O/c1-25(2)15-20(26(3)4)27-19-13-9-8-12-17(19)18-14-22-24-21(23-18)16-10-6-5-7-11-16/h5-14,20H,15H2,1-4H3. The highest BCUT2D eigenvalue weighted by Crippen LogP contribution is 2.30. The van der Waals surface area contributed by atoms with Crippen molar-refractivity contribution in [2.75, 3.05) is 34.7 Å². The van der Waals surface area contributed by atoms with Gasteiger partial charge in [0.2, 0.25) is 0 Å². The van der Waals surface area contributed by atoms with Crippen LogP contribution < -0.4 is 4.74 Å². The first kappa shape index (κ1) is 18.9. The van der Waals surface area contributed by atoms with E-state index in [2.05, 4.69) is 20.0 Å². The molecule has 0 fully saturated rings. The van der Waals surface area contributed by atoms with Crippen LogP contribution in [0.3, 0.4) is 0 Å². The van der Waals surface area contributed by atoms with Gasteiger partial charge in [-0.3, -0.25) is 4.90 Å². The Morgan fingerprint density at radius 2 is 1.63 bits per heavy atom. The summed E-state index contributed by atoms with van der Waals surface area (Å²) in [6.45, 7) is 0.776. The summed E-state index contributed by atoms with van der Waals surface area (Å²) in [6, 6.07) is 17.7. The molecule has 1 atom stereocenters. The van der Waals surface area contributed by atoms with Gasteiger partial charge in [0.1, 0.15) is 5.75 Å². The quantitative estimate of drug-likeness (QED) is 0.602. The molecule has 0 saturated carbocycles. The number of nitrogens with zero attached hydrogens (tertiary/aromatic N) is 5. The number of para-hydroxylation sites is 1. The van der Waals surface area contributed by atoms with Crippen molar-refractivity contribution in [2.45, 2.75) is 6.23 Å². The highest BCUT2D eigenvalue weighted by Gasteiger charge is 2.17. The van der Waals surface area contributed by atoms with E-state index in [0.29, 0.717) is 5.82 Å². The summed E-state index contributed by atoms with van der Waals surface area (Å²) < 4.78 is 6.31. The van der Waals surface area contributed by atoms with E-state index in [1.165, 1.54) is 0 Å². The summed E-state index contributed by atoms with van der Waals surface area (Å²) in [5, 5.41) is 8.33. The first-order valence-corrected chi connectivity index (χ1v) is 8.87. The van der Waals surface area contributed by atoms with Gasteiger partial charge in [0.05, 0.1) is 11.9 Å². The van der Waals surface area contributed by atoms with Crippen molar-refractivity contribution >= 4 is 0 Å². The molecule has 0 N–H and O–H groups in total. The number of rotatable bonds is 7. The van der Waals surface area contributed by atoms with Gasteiger partial charge in [0.15, 0.2) is 12.1 Å². The first-order chi connectivity index (χ1) is 13.0. The lowest BCUT2D eigenvalue weighted by Crippen LogP contribution is -2.41. The van der Waals surface area contributed by atoms with Crippen LogP contribution >= 0.6 is 0 Å². The molecule has 0 aliphatic carbocycles. The van der Waals surface area contributed by atoms with E-state index in [1.54, 1.807) is 6.20 Å². The molecular formula is C21H25N5O. The monoisotopic (exact) mass is 363 g/mol. The van der Waals surface area contributed by atoms with Crippen LogP contribution in [0.1, 0.15) is 0 Å². The minimum atomic E-state index is -0.0791. The molecule has 1 heterocycles. The van der Waals surface area contributed by atoms with Crippen molar-refractivity contribution in [3.8, 4) is 28.4 Å². The minimum Gasteiger partial charge on any atom is -0.473 e. The number of ether oxygens (including phenoxy) is 1. The molecule has 140 valence electrons. The Morgan fingerprint density at radius 3 is 2.33 bits per heavy atom. The van der Waals surface area contributed by atoms with Crippen LogP contribution in [0.2, 0.25) is 0 Å². The molecule has 27 heavy (non-hydrogen) atoms. The Hall–Kier alpha value is -2.83. The van der Waals surface area contributed by atoms with Crippen molar-refractivity contribution in [3.05, 3.63) is 60.8 Å². The van der Waals surface area contributed by atoms with Gasteiger partial charge in [-0.1, -0.05) is 42.5 Å². The lowest BCUT2D eigenvalue weighted by atomic mass is 10.1. The second-order valence-corrected chi connectivity index (χ2v) is 6.83. The fraction of sp³-hybridized carbons (Fsp3) is 0.286. The zero-order valence-electron chi connectivity index (χ0n) is 16.2. The minimum absolute atomic E-state index is 0.0791. The summed E-state index contributed by atoms with van der Waals surface area (Å²) in [7, 11) is 8.09. The molecule has 0 saturated heterocycles. The predicted octanol–water partition coefficient (Wildman–Crippen LogP) is 3.03. The average Bonchev–Trinajstić information content (AvgIpc) is 2.68. The van der Waals surface area contributed by atoms with Crippen molar-refractivity contribution in [1.82, 2.24) is 25.0 Å². The van der Waals surface area contributed by atoms with Crippen molar-refractivity contribution in [2.24, 2.45) is 0 Å². The van der Waals surface area contributed by atoms with E-state index in [0.717, 1.165) is 29.1 Å². The van der Waals surface area contributed by atoms with Gasteiger partial charge in [-0.2, -0.15) is 5.10 Å². The van der Waals surface area contributed by atoms with Gasteiger partial charge < -0.3 is 9.64 Å². The molecule has 1 unspecified atom stereocenters. The Balaban J connectivity index is 1.94. The van der Waals surface area contributed by atoms with Gasteiger partial charge in [-0.05, 0) is 40.3 Å². The number of hydrogen-bond acceptors (Lipinski definition) is 6. The van der Waals surface area contributed by atoms with Crippen LogP contribution in [-0.4, -0.2) is 65.9 Å². The van der Waals surface area contributed by atoms with E-state index < -0.39 is 0 Å². The molecule has 6 nitrogen and oxygen atoms in total. The van der Waals surface area contributed by atoms with Gasteiger partial charge in [0, 0.05) is 17.7 Å². The SMILES string of the molecule is CN(C)CC(Oc1ccccc1-c1cnnc(-c2ccccc2)n1)N(C)C.